The third kappa shape index (κ3) is 4.64. The average Bonchev–Trinajstić information content (AvgIpc) is 2.72. The van der Waals surface area contributed by atoms with Crippen molar-refractivity contribution in [3.8, 4) is 22.3 Å². The van der Waals surface area contributed by atoms with Crippen molar-refractivity contribution in [1.82, 2.24) is 0 Å². The molecule has 0 aliphatic heterocycles. The molecule has 0 bridgehead atoms. The zero-order valence-corrected chi connectivity index (χ0v) is 16.2. The van der Waals surface area contributed by atoms with Crippen LogP contribution in [0.15, 0.2) is 60.7 Å². The first-order valence-corrected chi connectivity index (χ1v) is 9.94. The minimum Gasteiger partial charge on any atom is -0.204 e. The summed E-state index contributed by atoms with van der Waals surface area (Å²) in [5, 5.41) is 0. The van der Waals surface area contributed by atoms with Crippen LogP contribution in [0.2, 0.25) is 0 Å². The molecule has 0 radical (unpaired) electrons. The molecule has 3 aromatic rings. The Hall–Kier alpha value is -2.55. The van der Waals surface area contributed by atoms with E-state index in [1.54, 1.807) is 12.1 Å². The smallest absolute Gasteiger partial charge is 0.195 e. The normalized spacial score (nSPS) is 11.0. The van der Waals surface area contributed by atoms with Gasteiger partial charge in [0.25, 0.3) is 0 Å². The van der Waals surface area contributed by atoms with Crippen LogP contribution in [0.25, 0.3) is 22.3 Å². The fourth-order valence-corrected chi connectivity index (χ4v) is 3.53. The van der Waals surface area contributed by atoms with Crippen LogP contribution < -0.4 is 0 Å². The molecule has 0 amide bonds. The van der Waals surface area contributed by atoms with E-state index < -0.39 is 17.5 Å². The van der Waals surface area contributed by atoms with Crippen molar-refractivity contribution in [3.05, 3.63) is 83.7 Å². The lowest BCUT2D eigenvalue weighted by atomic mass is 9.92. The average molecular weight is 382 g/mol. The van der Waals surface area contributed by atoms with E-state index in [-0.39, 0.29) is 5.56 Å². The number of hydrogen-bond acceptors (Lipinski definition) is 0. The number of rotatable bonds is 8. The van der Waals surface area contributed by atoms with Gasteiger partial charge in [-0.3, -0.25) is 0 Å². The summed E-state index contributed by atoms with van der Waals surface area (Å²) in [6.45, 7) is 2.21. The Balaban J connectivity index is 1.89. The molecular weight excluding hydrogens is 357 g/mol. The molecule has 3 aromatic carbocycles. The first-order chi connectivity index (χ1) is 13.6. The number of hydrogen-bond donors (Lipinski definition) is 0. The SMILES string of the molecule is CCCCCCCc1cccc(-c2ccccc2-c2ccc(F)c(F)c2F)c1. The van der Waals surface area contributed by atoms with Crippen molar-refractivity contribution >= 4 is 0 Å². The first-order valence-electron chi connectivity index (χ1n) is 9.94. The maximum atomic E-state index is 14.4. The summed E-state index contributed by atoms with van der Waals surface area (Å²) in [5.74, 6) is -3.77. The van der Waals surface area contributed by atoms with Crippen LogP contribution in [0.1, 0.15) is 44.6 Å². The van der Waals surface area contributed by atoms with Crippen LogP contribution in [0.4, 0.5) is 13.2 Å². The lowest BCUT2D eigenvalue weighted by Gasteiger charge is -2.13. The number of benzene rings is 3. The third-order valence-electron chi connectivity index (χ3n) is 5.06. The molecule has 0 aliphatic rings. The van der Waals surface area contributed by atoms with E-state index in [0.717, 1.165) is 30.0 Å². The molecule has 0 saturated heterocycles. The zero-order chi connectivity index (χ0) is 19.9. The monoisotopic (exact) mass is 382 g/mol. The highest BCUT2D eigenvalue weighted by Gasteiger charge is 2.17. The van der Waals surface area contributed by atoms with Gasteiger partial charge >= 0.3 is 0 Å². The van der Waals surface area contributed by atoms with E-state index in [1.807, 2.05) is 24.3 Å². The van der Waals surface area contributed by atoms with Crippen LogP contribution in [-0.2, 0) is 6.42 Å². The van der Waals surface area contributed by atoms with E-state index in [1.165, 1.54) is 37.3 Å². The molecule has 0 atom stereocenters. The predicted molar refractivity (Wildman–Crippen MR) is 110 cm³/mol. The highest BCUT2D eigenvalue weighted by Crippen LogP contribution is 2.35. The Morgan fingerprint density at radius 1 is 0.643 bits per heavy atom. The van der Waals surface area contributed by atoms with Gasteiger partial charge in [0.15, 0.2) is 17.5 Å². The number of aryl methyl sites for hydroxylation is 1. The van der Waals surface area contributed by atoms with Crippen LogP contribution >= 0.6 is 0 Å². The highest BCUT2D eigenvalue weighted by atomic mass is 19.2. The number of halogens is 3. The van der Waals surface area contributed by atoms with Gasteiger partial charge in [0.05, 0.1) is 0 Å². The molecule has 0 aliphatic carbocycles. The van der Waals surface area contributed by atoms with E-state index in [0.29, 0.717) is 5.56 Å². The Kier molecular flexibility index (Phi) is 6.91. The maximum Gasteiger partial charge on any atom is 0.195 e. The molecule has 3 heteroatoms. The van der Waals surface area contributed by atoms with Crippen molar-refractivity contribution in [2.45, 2.75) is 45.4 Å². The molecule has 28 heavy (non-hydrogen) atoms. The summed E-state index contributed by atoms with van der Waals surface area (Å²) >= 11 is 0. The quantitative estimate of drug-likeness (QED) is 0.274. The highest BCUT2D eigenvalue weighted by molar-refractivity contribution is 5.83. The molecular formula is C25H25F3. The summed E-state index contributed by atoms with van der Waals surface area (Å²) < 4.78 is 41.5. The van der Waals surface area contributed by atoms with Gasteiger partial charge in [-0.05, 0) is 47.2 Å². The molecule has 0 spiro atoms. The molecule has 3 rings (SSSR count). The topological polar surface area (TPSA) is 0 Å². The summed E-state index contributed by atoms with van der Waals surface area (Å²) in [7, 11) is 0. The second kappa shape index (κ2) is 9.59. The molecule has 0 N–H and O–H groups in total. The molecule has 0 aromatic heterocycles. The number of unbranched alkanes of at least 4 members (excludes halogenated alkanes) is 4. The first kappa shape index (κ1) is 20.2. The van der Waals surface area contributed by atoms with E-state index in [4.69, 9.17) is 0 Å². The maximum absolute atomic E-state index is 14.4. The van der Waals surface area contributed by atoms with E-state index in [9.17, 15) is 13.2 Å². The van der Waals surface area contributed by atoms with E-state index in [2.05, 4.69) is 19.1 Å². The lowest BCUT2D eigenvalue weighted by Crippen LogP contribution is -1.95. The standard InChI is InChI=1S/C25H25F3/c1-2-3-4-5-6-10-18-11-9-12-19(17-18)20-13-7-8-14-21(20)22-15-16-23(26)25(28)24(22)27/h7-9,11-17H,2-6,10H2,1H3. The second-order valence-corrected chi connectivity index (χ2v) is 7.13. The van der Waals surface area contributed by atoms with Gasteiger partial charge in [-0.1, -0.05) is 81.1 Å². The van der Waals surface area contributed by atoms with Crippen molar-refractivity contribution in [2.24, 2.45) is 0 Å². The van der Waals surface area contributed by atoms with Crippen molar-refractivity contribution in [3.63, 3.8) is 0 Å². The fraction of sp³-hybridized carbons (Fsp3) is 0.280. The molecule has 0 fully saturated rings. The van der Waals surface area contributed by atoms with Gasteiger partial charge in [0.1, 0.15) is 0 Å². The Morgan fingerprint density at radius 3 is 2.18 bits per heavy atom. The van der Waals surface area contributed by atoms with Crippen LogP contribution in [-0.4, -0.2) is 0 Å². The molecule has 0 nitrogen and oxygen atoms in total. The van der Waals surface area contributed by atoms with Gasteiger partial charge in [0, 0.05) is 5.56 Å². The third-order valence-corrected chi connectivity index (χ3v) is 5.06. The summed E-state index contributed by atoms with van der Waals surface area (Å²) in [5.41, 5.74) is 3.61. The zero-order valence-electron chi connectivity index (χ0n) is 16.2. The van der Waals surface area contributed by atoms with Gasteiger partial charge in [-0.25, -0.2) is 13.2 Å². The van der Waals surface area contributed by atoms with Crippen molar-refractivity contribution < 1.29 is 13.2 Å². The minimum absolute atomic E-state index is 0.0690. The lowest BCUT2D eigenvalue weighted by molar-refractivity contribution is 0.449. The van der Waals surface area contributed by atoms with Gasteiger partial charge in [-0.15, -0.1) is 0 Å². The van der Waals surface area contributed by atoms with E-state index >= 15 is 0 Å². The summed E-state index contributed by atoms with van der Waals surface area (Å²) in [6.07, 6.45) is 7.12. The largest absolute Gasteiger partial charge is 0.204 e. The fourth-order valence-electron chi connectivity index (χ4n) is 3.53. The second-order valence-electron chi connectivity index (χ2n) is 7.13. The van der Waals surface area contributed by atoms with Gasteiger partial charge < -0.3 is 0 Å². The van der Waals surface area contributed by atoms with Gasteiger partial charge in [-0.2, -0.15) is 0 Å². The predicted octanol–water partition coefficient (Wildman–Crippen LogP) is 7.95. The van der Waals surface area contributed by atoms with Gasteiger partial charge in [0.2, 0.25) is 0 Å². The van der Waals surface area contributed by atoms with Crippen LogP contribution in [0, 0.1) is 17.5 Å². The molecule has 0 heterocycles. The molecule has 0 unspecified atom stereocenters. The molecule has 0 saturated carbocycles. The Bertz CT molecular complexity index is 931. The Morgan fingerprint density at radius 2 is 1.39 bits per heavy atom. The van der Waals surface area contributed by atoms with Crippen LogP contribution in [0.5, 0.6) is 0 Å². The summed E-state index contributed by atoms with van der Waals surface area (Å²) in [6, 6.07) is 17.7. The summed E-state index contributed by atoms with van der Waals surface area (Å²) in [4.78, 5) is 0. The van der Waals surface area contributed by atoms with Crippen LogP contribution in [0.3, 0.4) is 0 Å². The van der Waals surface area contributed by atoms with Crippen molar-refractivity contribution in [2.75, 3.05) is 0 Å². The minimum atomic E-state index is -1.44. The Labute approximate surface area is 165 Å². The molecule has 146 valence electrons. The van der Waals surface area contributed by atoms with Crippen molar-refractivity contribution in [1.29, 1.82) is 0 Å².